The fraction of sp³-hybridized carbons (Fsp3) is 0.647. The van der Waals surface area contributed by atoms with E-state index in [1.165, 1.54) is 19.3 Å². The first-order valence-corrected chi connectivity index (χ1v) is 8.23. The number of aryl methyl sites for hydroxylation is 1. The lowest BCUT2D eigenvalue weighted by Crippen LogP contribution is -2.52. The van der Waals surface area contributed by atoms with E-state index in [2.05, 4.69) is 22.0 Å². The number of piperidine rings is 1. The number of nitrogens with zero attached hydrogens (tertiary/aromatic N) is 3. The van der Waals surface area contributed by atoms with Crippen LogP contribution in [0.3, 0.4) is 0 Å². The molecule has 5 heteroatoms. The van der Waals surface area contributed by atoms with Gasteiger partial charge in [0, 0.05) is 32.0 Å². The van der Waals surface area contributed by atoms with E-state index >= 15 is 0 Å². The van der Waals surface area contributed by atoms with Gasteiger partial charge in [0.25, 0.3) is 0 Å². The van der Waals surface area contributed by atoms with E-state index < -0.39 is 11.5 Å². The largest absolute Gasteiger partial charge is 0.479 e. The third-order valence-electron chi connectivity index (χ3n) is 5.26. The number of aliphatic carboxylic acids is 1. The number of imidazole rings is 1. The first-order valence-electron chi connectivity index (χ1n) is 8.23. The van der Waals surface area contributed by atoms with Crippen LogP contribution in [0.1, 0.15) is 37.9 Å². The third-order valence-corrected chi connectivity index (χ3v) is 5.26. The highest BCUT2D eigenvalue weighted by Gasteiger charge is 2.44. The average Bonchev–Trinajstić information content (AvgIpc) is 2.96. The van der Waals surface area contributed by atoms with Crippen molar-refractivity contribution in [3.05, 3.63) is 30.4 Å². The maximum atomic E-state index is 11.9. The highest BCUT2D eigenvalue weighted by molar-refractivity contribution is 5.77. The lowest BCUT2D eigenvalue weighted by atomic mass is 9.85. The van der Waals surface area contributed by atoms with E-state index in [9.17, 15) is 9.90 Å². The summed E-state index contributed by atoms with van der Waals surface area (Å²) >= 11 is 0. The van der Waals surface area contributed by atoms with Gasteiger partial charge < -0.3 is 14.6 Å². The second-order valence-corrected chi connectivity index (χ2v) is 6.63. The van der Waals surface area contributed by atoms with Crippen molar-refractivity contribution in [1.29, 1.82) is 0 Å². The van der Waals surface area contributed by atoms with Crippen molar-refractivity contribution >= 4 is 5.97 Å². The minimum Gasteiger partial charge on any atom is -0.479 e. The number of likely N-dealkylation sites (tertiary alicyclic amines) is 1. The number of hydrogen-bond acceptors (Lipinski definition) is 3. The standard InChI is InChI=1S/C17H25N3O2/c1-14-18-9-12-20(14)17(16(21)22)7-10-19(11-8-17)13-15-5-3-2-4-6-15/h2-3,9,12,15H,4-8,10-11,13H2,1H3,(H,21,22)/t15-/m1/s1. The van der Waals surface area contributed by atoms with Crippen molar-refractivity contribution in [2.75, 3.05) is 19.6 Å². The first-order chi connectivity index (χ1) is 10.6. The van der Waals surface area contributed by atoms with Crippen LogP contribution in [0.15, 0.2) is 24.5 Å². The van der Waals surface area contributed by atoms with Crippen LogP contribution >= 0.6 is 0 Å². The molecule has 0 spiro atoms. The molecule has 1 aromatic rings. The minimum atomic E-state index is -0.816. The van der Waals surface area contributed by atoms with Crippen molar-refractivity contribution in [3.8, 4) is 0 Å². The SMILES string of the molecule is Cc1nccn1C1(C(=O)O)CCN(C[C@@H]2CC=CCC2)CC1. The van der Waals surface area contributed by atoms with Gasteiger partial charge in [-0.05, 0) is 44.9 Å². The molecule has 1 N–H and O–H groups in total. The van der Waals surface area contributed by atoms with E-state index in [1.54, 1.807) is 6.20 Å². The maximum absolute atomic E-state index is 11.9. The zero-order valence-electron chi connectivity index (χ0n) is 13.2. The van der Waals surface area contributed by atoms with Crippen LogP contribution in [-0.4, -0.2) is 45.2 Å². The van der Waals surface area contributed by atoms with Crippen LogP contribution in [0.25, 0.3) is 0 Å². The number of rotatable bonds is 4. The Morgan fingerprint density at radius 1 is 1.41 bits per heavy atom. The molecule has 0 aromatic carbocycles. The predicted octanol–water partition coefficient (Wildman–Crippen LogP) is 2.42. The number of allylic oxidation sites excluding steroid dienone is 2. The summed E-state index contributed by atoms with van der Waals surface area (Å²) in [4.78, 5) is 18.6. The Bertz CT molecular complexity index is 556. The lowest BCUT2D eigenvalue weighted by Gasteiger charge is -2.41. The molecule has 1 fully saturated rings. The molecule has 0 saturated carbocycles. The Balaban J connectivity index is 1.67. The molecule has 1 aromatic heterocycles. The number of carbonyl (C=O) groups is 1. The Morgan fingerprint density at radius 3 is 2.73 bits per heavy atom. The average molecular weight is 303 g/mol. The van der Waals surface area contributed by atoms with Gasteiger partial charge in [-0.2, -0.15) is 0 Å². The van der Waals surface area contributed by atoms with Gasteiger partial charge in [-0.15, -0.1) is 0 Å². The molecule has 2 aliphatic rings. The van der Waals surface area contributed by atoms with Gasteiger partial charge in [-0.1, -0.05) is 12.2 Å². The molecule has 1 atom stereocenters. The monoisotopic (exact) mass is 303 g/mol. The number of carboxylic acid groups (broad SMARTS) is 1. The summed E-state index contributed by atoms with van der Waals surface area (Å²) in [5.41, 5.74) is -0.816. The normalized spacial score (nSPS) is 25.2. The molecular weight excluding hydrogens is 278 g/mol. The van der Waals surface area contributed by atoms with E-state index in [0.717, 1.165) is 31.4 Å². The Hall–Kier alpha value is -1.62. The highest BCUT2D eigenvalue weighted by Crippen LogP contribution is 2.32. The van der Waals surface area contributed by atoms with Gasteiger partial charge in [-0.3, -0.25) is 0 Å². The molecule has 0 amide bonds. The van der Waals surface area contributed by atoms with Gasteiger partial charge >= 0.3 is 5.97 Å². The summed E-state index contributed by atoms with van der Waals surface area (Å²) in [7, 11) is 0. The van der Waals surface area contributed by atoms with Crippen LogP contribution in [0, 0.1) is 12.8 Å². The Morgan fingerprint density at radius 2 is 2.18 bits per heavy atom. The van der Waals surface area contributed by atoms with Crippen molar-refractivity contribution < 1.29 is 9.90 Å². The Kier molecular flexibility index (Phi) is 4.34. The molecule has 5 nitrogen and oxygen atoms in total. The molecule has 120 valence electrons. The van der Waals surface area contributed by atoms with Crippen LogP contribution in [0.5, 0.6) is 0 Å². The second kappa shape index (κ2) is 6.24. The molecule has 1 aliphatic heterocycles. The Labute approximate surface area is 131 Å². The van der Waals surface area contributed by atoms with E-state index in [4.69, 9.17) is 0 Å². The first kappa shape index (κ1) is 15.3. The van der Waals surface area contributed by atoms with E-state index in [0.29, 0.717) is 12.8 Å². The summed E-state index contributed by atoms with van der Waals surface area (Å²) in [6, 6.07) is 0. The minimum absolute atomic E-state index is 0.655. The number of carboxylic acids is 1. The summed E-state index contributed by atoms with van der Waals surface area (Å²) in [5, 5.41) is 9.82. The predicted molar refractivity (Wildman–Crippen MR) is 84.7 cm³/mol. The van der Waals surface area contributed by atoms with Gasteiger partial charge in [-0.25, -0.2) is 9.78 Å². The lowest BCUT2D eigenvalue weighted by molar-refractivity contribution is -0.150. The summed E-state index contributed by atoms with van der Waals surface area (Å²) in [5.74, 6) is 0.791. The van der Waals surface area contributed by atoms with Gasteiger partial charge in [0.1, 0.15) is 11.4 Å². The van der Waals surface area contributed by atoms with Gasteiger partial charge in [0.05, 0.1) is 0 Å². The quantitative estimate of drug-likeness (QED) is 0.868. The molecule has 22 heavy (non-hydrogen) atoms. The van der Waals surface area contributed by atoms with Crippen LogP contribution < -0.4 is 0 Å². The molecule has 0 radical (unpaired) electrons. The molecule has 1 aliphatic carbocycles. The third kappa shape index (κ3) is 2.82. The number of aromatic nitrogens is 2. The zero-order valence-corrected chi connectivity index (χ0v) is 13.2. The molecule has 3 rings (SSSR count). The van der Waals surface area contributed by atoms with Crippen molar-refractivity contribution in [2.24, 2.45) is 5.92 Å². The molecule has 0 unspecified atom stereocenters. The highest BCUT2D eigenvalue weighted by atomic mass is 16.4. The smallest absolute Gasteiger partial charge is 0.330 e. The molecule has 2 heterocycles. The summed E-state index contributed by atoms with van der Waals surface area (Å²) in [6.07, 6.45) is 13.0. The van der Waals surface area contributed by atoms with Crippen LogP contribution in [0.4, 0.5) is 0 Å². The van der Waals surface area contributed by atoms with Crippen molar-refractivity contribution in [2.45, 2.75) is 44.6 Å². The molecule has 0 bridgehead atoms. The maximum Gasteiger partial charge on any atom is 0.330 e. The second-order valence-electron chi connectivity index (χ2n) is 6.63. The summed E-state index contributed by atoms with van der Waals surface area (Å²) in [6.45, 7) is 4.68. The number of hydrogen-bond donors (Lipinski definition) is 1. The van der Waals surface area contributed by atoms with E-state index in [1.807, 2.05) is 17.7 Å². The van der Waals surface area contributed by atoms with Crippen molar-refractivity contribution in [3.63, 3.8) is 0 Å². The van der Waals surface area contributed by atoms with E-state index in [-0.39, 0.29) is 0 Å². The fourth-order valence-corrected chi connectivity index (χ4v) is 3.88. The molecular formula is C17H25N3O2. The fourth-order valence-electron chi connectivity index (χ4n) is 3.88. The van der Waals surface area contributed by atoms with Crippen LogP contribution in [-0.2, 0) is 10.3 Å². The van der Waals surface area contributed by atoms with Gasteiger partial charge in [0.2, 0.25) is 0 Å². The molecule has 1 saturated heterocycles. The van der Waals surface area contributed by atoms with Crippen LogP contribution in [0.2, 0.25) is 0 Å². The van der Waals surface area contributed by atoms with Crippen molar-refractivity contribution in [1.82, 2.24) is 14.5 Å². The summed E-state index contributed by atoms with van der Waals surface area (Å²) < 4.78 is 1.86. The zero-order chi connectivity index (χ0) is 15.6. The topological polar surface area (TPSA) is 58.4 Å². The van der Waals surface area contributed by atoms with Gasteiger partial charge in [0.15, 0.2) is 0 Å².